The number of hydrogen-bond donors (Lipinski definition) is 1. The van der Waals surface area contributed by atoms with Gasteiger partial charge in [-0.15, -0.1) is 5.92 Å². The van der Waals surface area contributed by atoms with E-state index >= 15 is 0 Å². The molecule has 0 fully saturated rings. The van der Waals surface area contributed by atoms with Gasteiger partial charge in [-0.05, 0) is 31.2 Å². The Labute approximate surface area is 105 Å². The molecule has 4 heteroatoms. The SMILES string of the molecule is CC#Cc1ccc(C(=O)c2ccn[nH]2)c(OC)c1. The molecule has 0 unspecified atom stereocenters. The first-order valence-electron chi connectivity index (χ1n) is 5.41. The first-order valence-corrected chi connectivity index (χ1v) is 5.41. The minimum Gasteiger partial charge on any atom is -0.496 e. The topological polar surface area (TPSA) is 55.0 Å². The molecule has 4 nitrogen and oxygen atoms in total. The number of methoxy groups -OCH3 is 1. The molecule has 0 aliphatic carbocycles. The number of nitrogens with one attached hydrogen (secondary N) is 1. The lowest BCUT2D eigenvalue weighted by Gasteiger charge is -2.07. The number of aromatic nitrogens is 2. The predicted octanol–water partition coefficient (Wildman–Crippen LogP) is 2.02. The Morgan fingerprint density at radius 1 is 1.39 bits per heavy atom. The van der Waals surface area contributed by atoms with E-state index in [0.29, 0.717) is 17.0 Å². The molecule has 0 bridgehead atoms. The molecule has 18 heavy (non-hydrogen) atoms. The summed E-state index contributed by atoms with van der Waals surface area (Å²) in [6.45, 7) is 1.76. The van der Waals surface area contributed by atoms with Crippen LogP contribution in [0.4, 0.5) is 0 Å². The predicted molar refractivity (Wildman–Crippen MR) is 67.6 cm³/mol. The summed E-state index contributed by atoms with van der Waals surface area (Å²) in [5, 5.41) is 6.41. The number of H-pyrrole nitrogens is 1. The smallest absolute Gasteiger partial charge is 0.214 e. The highest BCUT2D eigenvalue weighted by Gasteiger charge is 2.15. The molecule has 0 amide bonds. The number of ether oxygens (including phenoxy) is 1. The van der Waals surface area contributed by atoms with Gasteiger partial charge in [0.25, 0.3) is 0 Å². The normalized spacial score (nSPS) is 9.44. The van der Waals surface area contributed by atoms with Crippen molar-refractivity contribution in [3.63, 3.8) is 0 Å². The molecular weight excluding hydrogens is 228 g/mol. The zero-order valence-electron chi connectivity index (χ0n) is 10.2. The molecule has 0 aliphatic rings. The van der Waals surface area contributed by atoms with Crippen molar-refractivity contribution in [2.45, 2.75) is 6.92 Å². The average molecular weight is 240 g/mol. The lowest BCUT2D eigenvalue weighted by Crippen LogP contribution is -2.04. The van der Waals surface area contributed by atoms with Crippen LogP contribution in [-0.2, 0) is 0 Å². The Kier molecular flexibility index (Phi) is 3.44. The quantitative estimate of drug-likeness (QED) is 0.659. The third kappa shape index (κ3) is 2.25. The zero-order valence-corrected chi connectivity index (χ0v) is 10.2. The fourth-order valence-corrected chi connectivity index (χ4v) is 1.63. The molecular formula is C14H12N2O2. The molecule has 0 saturated carbocycles. The van der Waals surface area contributed by atoms with E-state index in [2.05, 4.69) is 22.0 Å². The van der Waals surface area contributed by atoms with E-state index in [4.69, 9.17) is 4.74 Å². The second-order valence-corrected chi connectivity index (χ2v) is 3.59. The first kappa shape index (κ1) is 11.9. The van der Waals surface area contributed by atoms with Gasteiger partial charge in [-0.25, -0.2) is 0 Å². The van der Waals surface area contributed by atoms with Gasteiger partial charge >= 0.3 is 0 Å². The number of ketones is 1. The lowest BCUT2D eigenvalue weighted by atomic mass is 10.0. The summed E-state index contributed by atoms with van der Waals surface area (Å²) in [5.74, 6) is 6.08. The maximum absolute atomic E-state index is 12.2. The number of hydrogen-bond acceptors (Lipinski definition) is 3. The van der Waals surface area contributed by atoms with Gasteiger partial charge in [-0.1, -0.05) is 5.92 Å². The van der Waals surface area contributed by atoms with E-state index in [9.17, 15) is 4.79 Å². The Bertz CT molecular complexity index is 619. The summed E-state index contributed by atoms with van der Waals surface area (Å²) in [5.41, 5.74) is 1.74. The minimum atomic E-state index is -0.152. The van der Waals surface area contributed by atoms with E-state index in [1.54, 1.807) is 31.2 Å². The van der Waals surface area contributed by atoms with Crippen molar-refractivity contribution < 1.29 is 9.53 Å². The number of nitrogens with zero attached hydrogens (tertiary/aromatic N) is 1. The van der Waals surface area contributed by atoms with Crippen LogP contribution in [0.3, 0.4) is 0 Å². The number of carbonyl (C=O) groups is 1. The summed E-state index contributed by atoms with van der Waals surface area (Å²) < 4.78 is 5.23. The van der Waals surface area contributed by atoms with Crippen molar-refractivity contribution in [2.75, 3.05) is 7.11 Å². The maximum Gasteiger partial charge on any atom is 0.214 e. The number of benzene rings is 1. The van der Waals surface area contributed by atoms with Gasteiger partial charge in [0.05, 0.1) is 12.7 Å². The van der Waals surface area contributed by atoms with E-state index < -0.39 is 0 Å². The highest BCUT2D eigenvalue weighted by atomic mass is 16.5. The molecule has 0 radical (unpaired) electrons. The molecule has 0 spiro atoms. The molecule has 90 valence electrons. The van der Waals surface area contributed by atoms with Gasteiger partial charge in [0.15, 0.2) is 0 Å². The molecule has 2 rings (SSSR count). The lowest BCUT2D eigenvalue weighted by molar-refractivity contribution is 0.103. The largest absolute Gasteiger partial charge is 0.496 e. The van der Waals surface area contributed by atoms with Crippen molar-refractivity contribution in [1.29, 1.82) is 0 Å². The molecule has 1 aromatic heterocycles. The molecule has 1 heterocycles. The Morgan fingerprint density at radius 3 is 2.83 bits per heavy atom. The summed E-state index contributed by atoms with van der Waals surface area (Å²) in [6, 6.07) is 6.88. The number of aromatic amines is 1. The fraction of sp³-hybridized carbons (Fsp3) is 0.143. The van der Waals surface area contributed by atoms with Crippen LogP contribution in [0.2, 0.25) is 0 Å². The maximum atomic E-state index is 12.2. The van der Waals surface area contributed by atoms with Crippen LogP contribution in [0.15, 0.2) is 30.5 Å². The molecule has 0 saturated heterocycles. The number of rotatable bonds is 3. The van der Waals surface area contributed by atoms with E-state index in [1.807, 2.05) is 0 Å². The van der Waals surface area contributed by atoms with Crippen LogP contribution in [0, 0.1) is 11.8 Å². The van der Waals surface area contributed by atoms with Crippen molar-refractivity contribution in [3.8, 4) is 17.6 Å². The van der Waals surface area contributed by atoms with Gasteiger partial charge in [-0.2, -0.15) is 5.10 Å². The molecule has 1 N–H and O–H groups in total. The average Bonchev–Trinajstić information content (AvgIpc) is 2.92. The monoisotopic (exact) mass is 240 g/mol. The van der Waals surface area contributed by atoms with Crippen LogP contribution in [-0.4, -0.2) is 23.1 Å². The summed E-state index contributed by atoms with van der Waals surface area (Å²) in [6.07, 6.45) is 1.54. The third-order valence-electron chi connectivity index (χ3n) is 2.46. The van der Waals surface area contributed by atoms with Crippen molar-refractivity contribution in [3.05, 3.63) is 47.3 Å². The summed E-state index contributed by atoms with van der Waals surface area (Å²) >= 11 is 0. The summed E-state index contributed by atoms with van der Waals surface area (Å²) in [7, 11) is 1.53. The molecule has 1 aromatic carbocycles. The highest BCUT2D eigenvalue weighted by molar-refractivity contribution is 6.09. The van der Waals surface area contributed by atoms with Crippen LogP contribution in [0.25, 0.3) is 0 Å². The van der Waals surface area contributed by atoms with Crippen LogP contribution in [0.5, 0.6) is 5.75 Å². The van der Waals surface area contributed by atoms with Gasteiger partial charge in [0, 0.05) is 11.8 Å². The van der Waals surface area contributed by atoms with Crippen molar-refractivity contribution in [2.24, 2.45) is 0 Å². The Morgan fingerprint density at radius 2 is 2.22 bits per heavy atom. The van der Waals surface area contributed by atoms with E-state index in [-0.39, 0.29) is 5.78 Å². The summed E-state index contributed by atoms with van der Waals surface area (Å²) in [4.78, 5) is 12.2. The Hall–Kier alpha value is -2.54. The standard InChI is InChI=1S/C14H12N2O2/c1-3-4-10-5-6-11(13(9-10)18-2)14(17)12-7-8-15-16-12/h5-9H,1-2H3,(H,15,16). The number of carbonyl (C=O) groups excluding carboxylic acids is 1. The second-order valence-electron chi connectivity index (χ2n) is 3.59. The van der Waals surface area contributed by atoms with E-state index in [0.717, 1.165) is 5.56 Å². The molecule has 0 aliphatic heterocycles. The first-order chi connectivity index (χ1) is 8.76. The van der Waals surface area contributed by atoms with Gasteiger partial charge in [0.2, 0.25) is 5.78 Å². The molecule has 0 atom stereocenters. The minimum absolute atomic E-state index is 0.152. The zero-order chi connectivity index (χ0) is 13.0. The van der Waals surface area contributed by atoms with Crippen LogP contribution < -0.4 is 4.74 Å². The molecule has 2 aromatic rings. The van der Waals surface area contributed by atoms with Gasteiger partial charge in [-0.3, -0.25) is 9.89 Å². The van der Waals surface area contributed by atoms with Crippen molar-refractivity contribution in [1.82, 2.24) is 10.2 Å². The van der Waals surface area contributed by atoms with Crippen LogP contribution in [0.1, 0.15) is 28.5 Å². The van der Waals surface area contributed by atoms with Crippen LogP contribution >= 0.6 is 0 Å². The Balaban J connectivity index is 2.44. The highest BCUT2D eigenvalue weighted by Crippen LogP contribution is 2.22. The third-order valence-corrected chi connectivity index (χ3v) is 2.46. The van der Waals surface area contributed by atoms with Crippen molar-refractivity contribution >= 4 is 5.78 Å². The van der Waals surface area contributed by atoms with Gasteiger partial charge in [0.1, 0.15) is 11.4 Å². The fourth-order valence-electron chi connectivity index (χ4n) is 1.63. The second kappa shape index (κ2) is 5.19. The van der Waals surface area contributed by atoms with Gasteiger partial charge < -0.3 is 4.74 Å². The van der Waals surface area contributed by atoms with E-state index in [1.165, 1.54) is 13.3 Å².